The fraction of sp³-hybridized carbons (Fsp3) is 0.533. The number of hydrogen-bond donors (Lipinski definition) is 1. The van der Waals surface area contributed by atoms with Crippen LogP contribution in [0.15, 0.2) is 24.3 Å². The largest absolute Gasteiger partial charge is 0.573 e. The van der Waals surface area contributed by atoms with Crippen LogP contribution in [0.1, 0.15) is 33.6 Å². The van der Waals surface area contributed by atoms with E-state index in [2.05, 4.69) is 10.1 Å². The predicted octanol–water partition coefficient (Wildman–Crippen LogP) is 4.12. The summed E-state index contributed by atoms with van der Waals surface area (Å²) in [5.74, 6) is -0.546. The van der Waals surface area contributed by atoms with Gasteiger partial charge in [-0.3, -0.25) is 4.79 Å². The molecule has 1 N–H and O–H groups in total. The molecule has 124 valence electrons. The van der Waals surface area contributed by atoms with E-state index in [1.807, 2.05) is 0 Å². The van der Waals surface area contributed by atoms with Crippen LogP contribution in [0.2, 0.25) is 0 Å². The summed E-state index contributed by atoms with van der Waals surface area (Å²) in [5, 5.41) is 3.01. The van der Waals surface area contributed by atoms with Gasteiger partial charge in [0.15, 0.2) is 0 Å². The topological polar surface area (TPSA) is 47.6 Å². The van der Waals surface area contributed by atoms with Crippen molar-refractivity contribution in [3.05, 3.63) is 24.3 Å². The normalized spacial score (nSPS) is 11.9. The van der Waals surface area contributed by atoms with Crippen LogP contribution >= 0.6 is 0 Å². The third-order valence-electron chi connectivity index (χ3n) is 2.39. The van der Waals surface area contributed by atoms with E-state index in [1.54, 1.807) is 20.8 Å². The second kappa shape index (κ2) is 7.38. The van der Waals surface area contributed by atoms with Gasteiger partial charge in [-0.15, -0.1) is 13.2 Å². The maximum atomic E-state index is 12.0. The van der Waals surface area contributed by atoms with Gasteiger partial charge in [0, 0.05) is 18.7 Å². The molecule has 0 heterocycles. The first kappa shape index (κ1) is 18.1. The zero-order valence-electron chi connectivity index (χ0n) is 12.8. The van der Waals surface area contributed by atoms with Crippen LogP contribution in [0.4, 0.5) is 18.9 Å². The molecular weight excluding hydrogens is 299 g/mol. The Balaban J connectivity index is 2.30. The Labute approximate surface area is 127 Å². The minimum atomic E-state index is -4.69. The summed E-state index contributed by atoms with van der Waals surface area (Å²) in [5.41, 5.74) is 0.150. The van der Waals surface area contributed by atoms with Crippen LogP contribution in [0, 0.1) is 0 Å². The molecule has 0 spiro atoms. The molecule has 0 saturated heterocycles. The SMILES string of the molecule is CC(C)(C)OC(=O)CCCNc1ccc(OC(F)(F)F)cc1. The monoisotopic (exact) mass is 319 g/mol. The summed E-state index contributed by atoms with van der Waals surface area (Å²) in [4.78, 5) is 11.5. The number of alkyl halides is 3. The Hall–Kier alpha value is -1.92. The van der Waals surface area contributed by atoms with Gasteiger partial charge < -0.3 is 14.8 Å². The van der Waals surface area contributed by atoms with Gasteiger partial charge in [0.1, 0.15) is 11.4 Å². The number of benzene rings is 1. The molecule has 1 rings (SSSR count). The van der Waals surface area contributed by atoms with Crippen molar-refractivity contribution < 1.29 is 27.4 Å². The highest BCUT2D eigenvalue weighted by Crippen LogP contribution is 2.23. The zero-order valence-corrected chi connectivity index (χ0v) is 12.8. The van der Waals surface area contributed by atoms with Crippen molar-refractivity contribution >= 4 is 11.7 Å². The first-order valence-corrected chi connectivity index (χ1v) is 6.87. The molecule has 1 aromatic carbocycles. The highest BCUT2D eigenvalue weighted by Gasteiger charge is 2.30. The van der Waals surface area contributed by atoms with E-state index in [9.17, 15) is 18.0 Å². The van der Waals surface area contributed by atoms with E-state index in [1.165, 1.54) is 24.3 Å². The molecule has 0 aliphatic carbocycles. The van der Waals surface area contributed by atoms with Crippen LogP contribution < -0.4 is 10.1 Å². The molecule has 0 unspecified atom stereocenters. The first-order chi connectivity index (χ1) is 10.1. The number of carbonyl (C=O) groups is 1. The zero-order chi connectivity index (χ0) is 16.8. The lowest BCUT2D eigenvalue weighted by molar-refractivity contribution is -0.274. The summed E-state index contributed by atoms with van der Waals surface area (Å²) in [6, 6.07) is 5.41. The lowest BCUT2D eigenvalue weighted by Crippen LogP contribution is -2.24. The molecule has 0 saturated carbocycles. The number of esters is 1. The average molecular weight is 319 g/mol. The number of hydrogen-bond acceptors (Lipinski definition) is 4. The molecule has 4 nitrogen and oxygen atoms in total. The molecule has 0 fully saturated rings. The van der Waals surface area contributed by atoms with Crippen LogP contribution in [0.3, 0.4) is 0 Å². The number of nitrogens with one attached hydrogen (secondary N) is 1. The van der Waals surface area contributed by atoms with Crippen molar-refractivity contribution in [3.63, 3.8) is 0 Å². The molecular formula is C15H20F3NO3. The minimum Gasteiger partial charge on any atom is -0.460 e. The number of anilines is 1. The van der Waals surface area contributed by atoms with Gasteiger partial charge >= 0.3 is 12.3 Å². The van der Waals surface area contributed by atoms with Gasteiger partial charge in [0.25, 0.3) is 0 Å². The number of halogens is 3. The molecule has 22 heavy (non-hydrogen) atoms. The molecule has 0 amide bonds. The average Bonchev–Trinajstić information content (AvgIpc) is 2.32. The number of carbonyl (C=O) groups excluding carboxylic acids is 1. The maximum Gasteiger partial charge on any atom is 0.573 e. The van der Waals surface area contributed by atoms with Crippen molar-refractivity contribution in [3.8, 4) is 5.75 Å². The third-order valence-corrected chi connectivity index (χ3v) is 2.39. The highest BCUT2D eigenvalue weighted by atomic mass is 19.4. The van der Waals surface area contributed by atoms with Crippen LogP contribution in [0.25, 0.3) is 0 Å². The van der Waals surface area contributed by atoms with Crippen molar-refractivity contribution in [2.75, 3.05) is 11.9 Å². The molecule has 0 aliphatic heterocycles. The van der Waals surface area contributed by atoms with Crippen LogP contribution in [-0.4, -0.2) is 24.5 Å². The molecule has 0 radical (unpaired) electrons. The lowest BCUT2D eigenvalue weighted by atomic mass is 10.2. The van der Waals surface area contributed by atoms with Gasteiger partial charge in [-0.1, -0.05) is 0 Å². The van der Waals surface area contributed by atoms with Crippen LogP contribution in [-0.2, 0) is 9.53 Å². The van der Waals surface area contributed by atoms with E-state index in [-0.39, 0.29) is 18.1 Å². The second-order valence-corrected chi connectivity index (χ2v) is 5.69. The van der Waals surface area contributed by atoms with Gasteiger partial charge in [0.05, 0.1) is 0 Å². The summed E-state index contributed by atoms with van der Waals surface area (Å²) in [6.07, 6.45) is -3.85. The lowest BCUT2D eigenvalue weighted by Gasteiger charge is -2.19. The predicted molar refractivity (Wildman–Crippen MR) is 76.7 cm³/mol. The number of rotatable bonds is 6. The van der Waals surface area contributed by atoms with Crippen molar-refractivity contribution in [1.82, 2.24) is 0 Å². The standard InChI is InChI=1S/C15H20F3NO3/c1-14(2,3)22-13(20)5-4-10-19-11-6-8-12(9-7-11)21-15(16,17)18/h6-9,19H,4-5,10H2,1-3H3. The molecule has 0 aromatic heterocycles. The van der Waals surface area contributed by atoms with Gasteiger partial charge in [-0.25, -0.2) is 0 Å². The second-order valence-electron chi connectivity index (χ2n) is 5.69. The Morgan fingerprint density at radius 2 is 1.73 bits per heavy atom. The molecule has 0 atom stereocenters. The molecule has 7 heteroatoms. The van der Waals surface area contributed by atoms with E-state index in [4.69, 9.17) is 4.74 Å². The molecule has 0 bridgehead atoms. The Kier molecular flexibility index (Phi) is 6.08. The highest BCUT2D eigenvalue weighted by molar-refractivity contribution is 5.69. The fourth-order valence-corrected chi connectivity index (χ4v) is 1.63. The summed E-state index contributed by atoms with van der Waals surface area (Å²) < 4.78 is 44.9. The number of ether oxygens (including phenoxy) is 2. The van der Waals surface area contributed by atoms with Crippen molar-refractivity contribution in [1.29, 1.82) is 0 Å². The summed E-state index contributed by atoms with van der Waals surface area (Å²) in [6.45, 7) is 5.91. The van der Waals surface area contributed by atoms with Gasteiger partial charge in [-0.05, 0) is 51.5 Å². The maximum absolute atomic E-state index is 12.0. The Morgan fingerprint density at radius 1 is 1.14 bits per heavy atom. The van der Waals surface area contributed by atoms with Crippen molar-refractivity contribution in [2.45, 2.75) is 45.6 Å². The third kappa shape index (κ3) is 8.39. The molecule has 1 aromatic rings. The van der Waals surface area contributed by atoms with E-state index in [0.717, 1.165) is 0 Å². The quantitative estimate of drug-likeness (QED) is 0.633. The van der Waals surface area contributed by atoms with E-state index >= 15 is 0 Å². The summed E-state index contributed by atoms with van der Waals surface area (Å²) >= 11 is 0. The first-order valence-electron chi connectivity index (χ1n) is 6.87. The fourth-order valence-electron chi connectivity index (χ4n) is 1.63. The Morgan fingerprint density at radius 3 is 2.23 bits per heavy atom. The summed E-state index contributed by atoms with van der Waals surface area (Å²) in [7, 11) is 0. The van der Waals surface area contributed by atoms with Crippen molar-refractivity contribution in [2.24, 2.45) is 0 Å². The molecule has 0 aliphatic rings. The van der Waals surface area contributed by atoms with Gasteiger partial charge in [-0.2, -0.15) is 0 Å². The minimum absolute atomic E-state index is 0.271. The Bertz CT molecular complexity index is 478. The smallest absolute Gasteiger partial charge is 0.460 e. The van der Waals surface area contributed by atoms with Gasteiger partial charge in [0.2, 0.25) is 0 Å². The van der Waals surface area contributed by atoms with E-state index < -0.39 is 12.0 Å². The van der Waals surface area contributed by atoms with Crippen LogP contribution in [0.5, 0.6) is 5.75 Å². The van der Waals surface area contributed by atoms with E-state index in [0.29, 0.717) is 18.7 Å².